The van der Waals surface area contributed by atoms with Crippen LogP contribution in [-0.2, 0) is 55.8 Å². The normalized spacial score (nSPS) is 14.5. The van der Waals surface area contributed by atoms with Gasteiger partial charge in [-0.3, -0.25) is 32.5 Å². The quantitative estimate of drug-likeness (QED) is 0.0146. The molecule has 5 unspecified atom stereocenters. The van der Waals surface area contributed by atoms with Crippen molar-refractivity contribution < 1.29 is 75.8 Å². The predicted octanol–water partition coefficient (Wildman–Crippen LogP) is 30.8. The number of allylic oxidation sites excluding steroid dienone is 30. The van der Waals surface area contributed by atoms with Crippen LogP contribution in [0.15, 0.2) is 182 Å². The minimum absolute atomic E-state index is 0.0810. The first-order valence-electron chi connectivity index (χ1n) is 49.1. The van der Waals surface area contributed by atoms with Crippen LogP contribution in [0.3, 0.4) is 0 Å². The highest BCUT2D eigenvalue weighted by Crippen LogP contribution is 2.45. The van der Waals surface area contributed by atoms with Gasteiger partial charge in [-0.25, -0.2) is 9.13 Å². The van der Waals surface area contributed by atoms with Gasteiger partial charge in [0.1, 0.15) is 25.4 Å². The van der Waals surface area contributed by atoms with E-state index in [0.29, 0.717) is 19.3 Å². The van der Waals surface area contributed by atoms with Crippen LogP contribution in [0.25, 0.3) is 0 Å². The zero-order valence-electron chi connectivity index (χ0n) is 77.8. The van der Waals surface area contributed by atoms with E-state index in [9.17, 15) is 43.5 Å². The van der Waals surface area contributed by atoms with Gasteiger partial charge in [0.2, 0.25) is 0 Å². The molecule has 0 amide bonds. The van der Waals surface area contributed by atoms with E-state index >= 15 is 0 Å². The van der Waals surface area contributed by atoms with E-state index in [-0.39, 0.29) is 19.3 Å². The molecule has 0 aromatic heterocycles. The molecule has 4 N–H and O–H groups in total. The summed E-state index contributed by atoms with van der Waals surface area (Å²) in [5.74, 6) is -1.59. The molecule has 0 saturated carbocycles. The van der Waals surface area contributed by atoms with Gasteiger partial charge >= 0.3 is 33.6 Å². The third-order valence-corrected chi connectivity index (χ3v) is 22.5. The van der Waals surface area contributed by atoms with Crippen LogP contribution in [0.4, 0.5) is 0 Å². The van der Waals surface area contributed by atoms with E-state index in [1.54, 1.807) is 0 Å². The number of rotatable bonds is 92. The molecular weight excluding hydrogens is 1580 g/mol. The number of hydrogen-bond acceptors (Lipinski definition) is 14. The standard InChI is InChI=1S/C105H178O16P2/c1-4-7-10-13-16-19-22-25-28-31-34-37-40-43-45-46-47-48-49-50-51-52-54-57-58-61-64-67-70-73-76-79-82-85-88-91-103(108)115-94-100(106)95-117-122(111,112)118-96-101(107)97-119-123(113,114)120-99-102(121-105(110)93-90-87-84-81-78-75-72-69-66-63-60-55-42-39-36-33-30-27-24-21-18-15-12-9-6-3)98-116-104(109)92-89-86-83-80-77-74-71-68-65-62-59-56-53-44-41-38-35-32-29-26-23-20-17-14-11-8-5-2/h8-9,11-12,16-21,25-30,34-39,43-45,53,55,60,66,69,100-102,106-107H,4-7,10,13-15,22-24,31-33,40-42,46-52,54,56-59,61-65,67-68,70-99H2,1-3H3,(H,111,112)(H,113,114)/b11-8-,12-9-,19-16-,20-17-,21-18-,28-25-,29-26-,30-27-,37-34-,38-35-,39-36-,45-43-,53-44-,60-55-,69-66-. The second-order valence-corrected chi connectivity index (χ2v) is 35.4. The molecule has 0 aromatic rings. The third-order valence-electron chi connectivity index (χ3n) is 20.6. The van der Waals surface area contributed by atoms with Gasteiger partial charge in [0.25, 0.3) is 0 Å². The second-order valence-electron chi connectivity index (χ2n) is 32.5. The van der Waals surface area contributed by atoms with E-state index in [1.165, 1.54) is 167 Å². The molecule has 0 spiro atoms. The number of phosphoric acid groups is 2. The van der Waals surface area contributed by atoms with Crippen LogP contribution in [0.1, 0.15) is 406 Å². The van der Waals surface area contributed by atoms with Crippen molar-refractivity contribution in [1.82, 2.24) is 0 Å². The molecule has 0 bridgehead atoms. The number of hydrogen-bond donors (Lipinski definition) is 4. The fourth-order valence-electron chi connectivity index (χ4n) is 13.2. The Morgan fingerprint density at radius 2 is 0.431 bits per heavy atom. The van der Waals surface area contributed by atoms with Gasteiger partial charge in [0, 0.05) is 19.3 Å². The Bertz CT molecular complexity index is 2970. The Labute approximate surface area is 751 Å². The molecular formula is C105H178O16P2. The third kappa shape index (κ3) is 97.1. The lowest BCUT2D eigenvalue weighted by Gasteiger charge is -2.21. The molecule has 0 heterocycles. The summed E-state index contributed by atoms with van der Waals surface area (Å²) in [5.41, 5.74) is 0. The average Bonchev–Trinajstić information content (AvgIpc) is 0.916. The smallest absolute Gasteiger partial charge is 0.463 e. The van der Waals surface area contributed by atoms with E-state index in [4.69, 9.17) is 32.3 Å². The van der Waals surface area contributed by atoms with Gasteiger partial charge in [-0.1, -0.05) is 409 Å². The largest absolute Gasteiger partial charge is 0.472 e. The highest BCUT2D eigenvalue weighted by atomic mass is 31.2. The summed E-state index contributed by atoms with van der Waals surface area (Å²) in [5, 5.41) is 20.8. The summed E-state index contributed by atoms with van der Waals surface area (Å²) in [6, 6.07) is 0. The van der Waals surface area contributed by atoms with Crippen LogP contribution < -0.4 is 0 Å². The first-order chi connectivity index (χ1) is 60.2. The topological polar surface area (TPSA) is 231 Å². The predicted molar refractivity (Wildman–Crippen MR) is 518 cm³/mol. The molecule has 0 aliphatic heterocycles. The summed E-state index contributed by atoms with van der Waals surface area (Å²) < 4.78 is 61.6. The van der Waals surface area contributed by atoms with Gasteiger partial charge in [0.05, 0.1) is 26.4 Å². The number of carbonyl (C=O) groups is 3. The number of phosphoric ester groups is 2. The maximum Gasteiger partial charge on any atom is 0.472 e. The molecule has 16 nitrogen and oxygen atoms in total. The highest BCUT2D eigenvalue weighted by molar-refractivity contribution is 7.47. The summed E-state index contributed by atoms with van der Waals surface area (Å²) >= 11 is 0. The first kappa shape index (κ1) is 118. The Morgan fingerprint density at radius 1 is 0.236 bits per heavy atom. The van der Waals surface area contributed by atoms with Crippen LogP contribution in [0, 0.1) is 0 Å². The van der Waals surface area contributed by atoms with Gasteiger partial charge in [-0.2, -0.15) is 0 Å². The Kier molecular flexibility index (Phi) is 91.6. The van der Waals surface area contributed by atoms with E-state index in [0.717, 1.165) is 180 Å². The Balaban J connectivity index is 4.59. The van der Waals surface area contributed by atoms with Gasteiger partial charge in [-0.15, -0.1) is 0 Å². The molecule has 0 saturated heterocycles. The number of esters is 3. The first-order valence-corrected chi connectivity index (χ1v) is 52.1. The number of aliphatic hydroxyl groups is 2. The maximum absolute atomic E-state index is 13.1. The van der Waals surface area contributed by atoms with E-state index < -0.39 is 91.5 Å². The molecule has 0 rings (SSSR count). The van der Waals surface area contributed by atoms with Crippen LogP contribution in [0.2, 0.25) is 0 Å². The Morgan fingerprint density at radius 3 is 0.683 bits per heavy atom. The van der Waals surface area contributed by atoms with Crippen molar-refractivity contribution in [3.63, 3.8) is 0 Å². The number of unbranched alkanes of at least 4 members (excludes halogenated alkanes) is 39. The van der Waals surface area contributed by atoms with Crippen LogP contribution in [-0.4, -0.2) is 95.9 Å². The summed E-state index contributed by atoms with van der Waals surface area (Å²) in [7, 11) is -9.82. The van der Waals surface area contributed by atoms with Crippen molar-refractivity contribution >= 4 is 33.6 Å². The van der Waals surface area contributed by atoms with E-state index in [2.05, 4.69) is 203 Å². The monoisotopic (exact) mass is 1760 g/mol. The Hall–Kier alpha value is -5.35. The molecule has 18 heteroatoms. The average molecular weight is 1760 g/mol. The minimum atomic E-state index is -4.95. The summed E-state index contributed by atoms with van der Waals surface area (Å²) in [6.07, 6.45) is 127. The molecule has 5 atom stereocenters. The van der Waals surface area contributed by atoms with Crippen LogP contribution >= 0.6 is 15.6 Å². The lowest BCUT2D eigenvalue weighted by atomic mass is 10.0. The summed E-state index contributed by atoms with van der Waals surface area (Å²) in [6.45, 7) is 2.46. The zero-order chi connectivity index (χ0) is 89.3. The number of aliphatic hydroxyl groups excluding tert-OH is 2. The lowest BCUT2D eigenvalue weighted by Crippen LogP contribution is -2.30. The minimum Gasteiger partial charge on any atom is -0.463 e. The van der Waals surface area contributed by atoms with Gasteiger partial charge in [0.15, 0.2) is 6.10 Å². The van der Waals surface area contributed by atoms with Crippen molar-refractivity contribution in [3.05, 3.63) is 182 Å². The molecule has 0 aliphatic rings. The van der Waals surface area contributed by atoms with Crippen molar-refractivity contribution in [2.24, 2.45) is 0 Å². The van der Waals surface area contributed by atoms with Crippen LogP contribution in [0.5, 0.6) is 0 Å². The van der Waals surface area contributed by atoms with E-state index in [1.807, 2.05) is 0 Å². The van der Waals surface area contributed by atoms with Crippen molar-refractivity contribution in [3.8, 4) is 0 Å². The molecule has 704 valence electrons. The van der Waals surface area contributed by atoms with Crippen molar-refractivity contribution in [2.75, 3.05) is 39.6 Å². The zero-order valence-corrected chi connectivity index (χ0v) is 79.6. The summed E-state index contributed by atoms with van der Waals surface area (Å²) in [4.78, 5) is 59.1. The van der Waals surface area contributed by atoms with Crippen molar-refractivity contribution in [1.29, 1.82) is 0 Å². The molecule has 0 aliphatic carbocycles. The number of ether oxygens (including phenoxy) is 3. The molecule has 0 fully saturated rings. The molecule has 0 aromatic carbocycles. The molecule has 0 radical (unpaired) electrons. The molecule has 123 heavy (non-hydrogen) atoms. The fourth-order valence-corrected chi connectivity index (χ4v) is 14.8. The number of carbonyl (C=O) groups excluding carboxylic acids is 3. The fraction of sp³-hybridized carbons (Fsp3) is 0.686. The second kappa shape index (κ2) is 95.7. The SMILES string of the molecule is CC/C=C\C/C=C\C/C=C\C/C=C\C/C=C\C/C=C\CCCCCCCCC(=O)OC(COC(=O)CCCCCCCCCCCCC/C=C\C/C=C\C/C=C\C/C=C\C/C=C\CC)COP(=O)(O)OCC(O)COP(=O)(O)OCC(O)COC(=O)CCCCCCCCCCCCCCCCCCCCC/C=C\C/C=C\C/C=C\C/C=C\CCCCC. The maximum atomic E-state index is 13.1. The van der Waals surface area contributed by atoms with Gasteiger partial charge < -0.3 is 34.2 Å². The lowest BCUT2D eigenvalue weighted by molar-refractivity contribution is -0.161. The van der Waals surface area contributed by atoms with Crippen molar-refractivity contribution in [2.45, 2.75) is 424 Å². The van der Waals surface area contributed by atoms with Gasteiger partial charge in [-0.05, 0) is 161 Å². The highest BCUT2D eigenvalue weighted by Gasteiger charge is 2.30.